The highest BCUT2D eigenvalue weighted by Gasteiger charge is 2.32. The van der Waals surface area contributed by atoms with Crippen molar-refractivity contribution in [3.8, 4) is 0 Å². The fourth-order valence-electron chi connectivity index (χ4n) is 2.02. The lowest BCUT2D eigenvalue weighted by molar-refractivity contribution is -0.142. The number of hydrogen-bond acceptors (Lipinski definition) is 6. The fraction of sp³-hybridized carbons (Fsp3) is 0.778. The van der Waals surface area contributed by atoms with Crippen LogP contribution in [0.15, 0.2) is 0 Å². The van der Waals surface area contributed by atoms with E-state index in [1.165, 1.54) is 7.11 Å². The van der Waals surface area contributed by atoms with Gasteiger partial charge in [-0.25, -0.2) is 9.48 Å². The summed E-state index contributed by atoms with van der Waals surface area (Å²) in [6.45, 7) is 0.786. The third-order valence-electron chi connectivity index (χ3n) is 2.83. The highest BCUT2D eigenvalue weighted by molar-refractivity contribution is 5.79. The zero-order valence-electron chi connectivity index (χ0n) is 9.46. The maximum absolute atomic E-state index is 11.6. The van der Waals surface area contributed by atoms with Gasteiger partial charge in [0.1, 0.15) is 6.04 Å². The number of tetrazole rings is 1. The van der Waals surface area contributed by atoms with Crippen molar-refractivity contribution in [2.75, 3.05) is 18.6 Å². The number of carbonyl (C=O) groups is 1. The van der Waals surface area contributed by atoms with E-state index in [-0.39, 0.29) is 12.0 Å². The van der Waals surface area contributed by atoms with Crippen LogP contribution in [0.2, 0.25) is 0 Å². The first-order valence-corrected chi connectivity index (χ1v) is 5.31. The van der Waals surface area contributed by atoms with E-state index in [4.69, 9.17) is 4.74 Å². The third-order valence-corrected chi connectivity index (χ3v) is 2.83. The number of aromatic nitrogens is 4. The molecule has 0 aromatic carbocycles. The van der Waals surface area contributed by atoms with Gasteiger partial charge in [0.05, 0.1) is 7.11 Å². The van der Waals surface area contributed by atoms with E-state index in [0.29, 0.717) is 5.95 Å². The van der Waals surface area contributed by atoms with Crippen LogP contribution in [-0.2, 0) is 16.6 Å². The molecule has 1 atom stereocenters. The summed E-state index contributed by atoms with van der Waals surface area (Å²) in [7, 11) is 3.17. The van der Waals surface area contributed by atoms with Crippen molar-refractivity contribution in [1.82, 2.24) is 20.2 Å². The van der Waals surface area contributed by atoms with E-state index in [0.717, 1.165) is 25.8 Å². The number of rotatable bonds is 2. The number of esters is 1. The summed E-state index contributed by atoms with van der Waals surface area (Å²) in [5, 5.41) is 11.3. The molecule has 1 aromatic heterocycles. The number of hydrogen-bond donors (Lipinski definition) is 0. The van der Waals surface area contributed by atoms with Crippen molar-refractivity contribution in [2.45, 2.75) is 25.3 Å². The Labute approximate surface area is 93.4 Å². The quantitative estimate of drug-likeness (QED) is 0.646. The molecule has 0 saturated carbocycles. The van der Waals surface area contributed by atoms with Crippen LogP contribution in [0.5, 0.6) is 0 Å². The molecule has 2 heterocycles. The summed E-state index contributed by atoms with van der Waals surface area (Å²) in [6, 6.07) is -0.261. The fourth-order valence-corrected chi connectivity index (χ4v) is 2.02. The second-order valence-corrected chi connectivity index (χ2v) is 3.83. The average Bonchev–Trinajstić information content (AvgIpc) is 2.74. The minimum Gasteiger partial charge on any atom is -0.467 e. The predicted molar refractivity (Wildman–Crippen MR) is 55.8 cm³/mol. The van der Waals surface area contributed by atoms with Gasteiger partial charge >= 0.3 is 5.97 Å². The minimum atomic E-state index is -0.261. The van der Waals surface area contributed by atoms with Gasteiger partial charge in [-0.15, -0.1) is 0 Å². The van der Waals surface area contributed by atoms with Crippen molar-refractivity contribution in [2.24, 2.45) is 7.05 Å². The Morgan fingerprint density at radius 1 is 1.50 bits per heavy atom. The second kappa shape index (κ2) is 4.46. The first-order chi connectivity index (χ1) is 7.74. The molecular formula is C9H15N5O2. The number of piperidine rings is 1. The van der Waals surface area contributed by atoms with Gasteiger partial charge in [0.25, 0.3) is 0 Å². The molecular weight excluding hydrogens is 210 g/mol. The Morgan fingerprint density at radius 2 is 2.31 bits per heavy atom. The molecule has 1 saturated heterocycles. The monoisotopic (exact) mass is 225 g/mol. The van der Waals surface area contributed by atoms with Gasteiger partial charge in [0.2, 0.25) is 5.95 Å². The minimum absolute atomic E-state index is 0.220. The van der Waals surface area contributed by atoms with E-state index in [1.807, 2.05) is 4.90 Å². The summed E-state index contributed by atoms with van der Waals surface area (Å²) in [4.78, 5) is 13.6. The summed E-state index contributed by atoms with van der Waals surface area (Å²) in [6.07, 6.45) is 2.86. The highest BCUT2D eigenvalue weighted by atomic mass is 16.5. The molecule has 1 aromatic rings. The lowest BCUT2D eigenvalue weighted by Crippen LogP contribution is -2.46. The summed E-state index contributed by atoms with van der Waals surface area (Å²) >= 11 is 0. The number of methoxy groups -OCH3 is 1. The molecule has 0 aliphatic carbocycles. The number of aryl methyl sites for hydroxylation is 1. The van der Waals surface area contributed by atoms with E-state index >= 15 is 0 Å². The third kappa shape index (κ3) is 1.84. The van der Waals surface area contributed by atoms with Crippen LogP contribution in [0.3, 0.4) is 0 Å². The molecule has 16 heavy (non-hydrogen) atoms. The maximum Gasteiger partial charge on any atom is 0.328 e. The summed E-state index contributed by atoms with van der Waals surface area (Å²) < 4.78 is 6.37. The lowest BCUT2D eigenvalue weighted by atomic mass is 10.0. The molecule has 0 amide bonds. The highest BCUT2D eigenvalue weighted by Crippen LogP contribution is 2.22. The maximum atomic E-state index is 11.6. The zero-order valence-corrected chi connectivity index (χ0v) is 9.46. The lowest BCUT2D eigenvalue weighted by Gasteiger charge is -2.33. The molecule has 2 rings (SSSR count). The van der Waals surface area contributed by atoms with Crippen molar-refractivity contribution in [3.63, 3.8) is 0 Å². The first kappa shape index (κ1) is 10.8. The SMILES string of the molecule is COC(=O)C1CCCCN1c1nnnn1C. The molecule has 1 aliphatic rings. The van der Waals surface area contributed by atoms with Crippen molar-refractivity contribution < 1.29 is 9.53 Å². The van der Waals surface area contributed by atoms with Crippen LogP contribution < -0.4 is 4.90 Å². The van der Waals surface area contributed by atoms with Gasteiger partial charge in [0.15, 0.2) is 0 Å². The molecule has 7 nitrogen and oxygen atoms in total. The molecule has 1 aliphatic heterocycles. The molecule has 88 valence electrons. The molecule has 0 radical (unpaired) electrons. The Kier molecular flexibility index (Phi) is 3.02. The topological polar surface area (TPSA) is 73.1 Å². The van der Waals surface area contributed by atoms with Crippen LogP contribution in [0.1, 0.15) is 19.3 Å². The Hall–Kier alpha value is -1.66. The van der Waals surface area contributed by atoms with Gasteiger partial charge in [-0.2, -0.15) is 0 Å². The zero-order chi connectivity index (χ0) is 11.5. The van der Waals surface area contributed by atoms with E-state index < -0.39 is 0 Å². The number of nitrogens with zero attached hydrogens (tertiary/aromatic N) is 5. The molecule has 0 N–H and O–H groups in total. The number of ether oxygens (including phenoxy) is 1. The molecule has 1 unspecified atom stereocenters. The van der Waals surface area contributed by atoms with E-state index in [9.17, 15) is 4.79 Å². The van der Waals surface area contributed by atoms with E-state index in [1.54, 1.807) is 11.7 Å². The van der Waals surface area contributed by atoms with Crippen LogP contribution in [0, 0.1) is 0 Å². The van der Waals surface area contributed by atoms with Crippen molar-refractivity contribution in [3.05, 3.63) is 0 Å². The number of anilines is 1. The van der Waals surface area contributed by atoms with Gasteiger partial charge in [0, 0.05) is 13.6 Å². The second-order valence-electron chi connectivity index (χ2n) is 3.83. The summed E-state index contributed by atoms with van der Waals surface area (Å²) in [5.74, 6) is 0.401. The molecule has 1 fully saturated rings. The van der Waals surface area contributed by atoms with Gasteiger partial charge in [-0.05, 0) is 29.7 Å². The van der Waals surface area contributed by atoms with Crippen LogP contribution >= 0.6 is 0 Å². The summed E-state index contributed by atoms with van der Waals surface area (Å²) in [5.41, 5.74) is 0. The van der Waals surface area contributed by atoms with Crippen molar-refractivity contribution >= 4 is 11.9 Å². The van der Waals surface area contributed by atoms with E-state index in [2.05, 4.69) is 15.5 Å². The van der Waals surface area contributed by atoms with Gasteiger partial charge in [-0.3, -0.25) is 0 Å². The average molecular weight is 225 g/mol. The molecule has 0 bridgehead atoms. The van der Waals surface area contributed by atoms with Crippen molar-refractivity contribution in [1.29, 1.82) is 0 Å². The van der Waals surface area contributed by atoms with Crippen LogP contribution in [-0.4, -0.2) is 45.9 Å². The van der Waals surface area contributed by atoms with Crippen LogP contribution in [0.4, 0.5) is 5.95 Å². The normalized spacial score (nSPS) is 20.9. The Bertz CT molecular complexity index is 378. The molecule has 7 heteroatoms. The molecule has 0 spiro atoms. The van der Waals surface area contributed by atoms with Gasteiger partial charge < -0.3 is 9.64 Å². The van der Waals surface area contributed by atoms with Gasteiger partial charge in [-0.1, -0.05) is 5.10 Å². The standard InChI is InChI=1S/C9H15N5O2/c1-13-9(10-11-12-13)14-6-4-3-5-7(14)8(15)16-2/h7H,3-6H2,1-2H3. The smallest absolute Gasteiger partial charge is 0.328 e. The Balaban J connectivity index is 2.23. The van der Waals surface area contributed by atoms with Crippen LogP contribution in [0.25, 0.3) is 0 Å². The predicted octanol–water partition coefficient (Wildman–Crippen LogP) is -0.258. The Morgan fingerprint density at radius 3 is 2.94 bits per heavy atom. The number of carbonyl (C=O) groups excluding carboxylic acids is 1. The largest absolute Gasteiger partial charge is 0.467 e. The first-order valence-electron chi connectivity index (χ1n) is 5.31.